The average molecular weight is 365 g/mol. The third-order valence-electron chi connectivity index (χ3n) is 4.53. The van der Waals surface area contributed by atoms with E-state index in [4.69, 9.17) is 10.5 Å². The minimum Gasteiger partial charge on any atom is -0.497 e. The number of carbonyl (C=O) groups excluding carboxylic acids is 1. The van der Waals surface area contributed by atoms with Crippen molar-refractivity contribution in [3.05, 3.63) is 53.8 Å². The molecule has 0 spiro atoms. The minimum atomic E-state index is -0.504. The first-order chi connectivity index (χ1) is 11.6. The van der Waals surface area contributed by atoms with Crippen LogP contribution in [0.3, 0.4) is 0 Å². The first-order valence-corrected chi connectivity index (χ1v) is 8.09. The van der Waals surface area contributed by atoms with Crippen molar-refractivity contribution >= 4 is 18.3 Å². The summed E-state index contributed by atoms with van der Waals surface area (Å²) < 4.78 is 19.6. The van der Waals surface area contributed by atoms with Crippen molar-refractivity contribution in [3.8, 4) is 16.9 Å². The van der Waals surface area contributed by atoms with Crippen molar-refractivity contribution in [3.63, 3.8) is 0 Å². The highest BCUT2D eigenvalue weighted by Crippen LogP contribution is 2.26. The van der Waals surface area contributed by atoms with E-state index in [0.717, 1.165) is 29.7 Å². The molecule has 0 aliphatic carbocycles. The molecule has 134 valence electrons. The Bertz CT molecular complexity index is 737. The molecular weight excluding hydrogens is 343 g/mol. The van der Waals surface area contributed by atoms with E-state index in [-0.39, 0.29) is 29.9 Å². The normalized spacial score (nSPS) is 16.4. The molecule has 1 aliphatic rings. The molecule has 3 rings (SSSR count). The summed E-state index contributed by atoms with van der Waals surface area (Å²) in [5, 5.41) is 0. The van der Waals surface area contributed by atoms with Gasteiger partial charge in [0.05, 0.1) is 12.7 Å². The molecule has 4 nitrogen and oxygen atoms in total. The molecule has 0 radical (unpaired) electrons. The van der Waals surface area contributed by atoms with Gasteiger partial charge in [0.15, 0.2) is 0 Å². The molecule has 1 saturated heterocycles. The lowest BCUT2D eigenvalue weighted by molar-refractivity contribution is 0.0736. The minimum absolute atomic E-state index is 0. The number of amides is 1. The van der Waals surface area contributed by atoms with Crippen molar-refractivity contribution in [2.75, 3.05) is 20.2 Å². The average Bonchev–Trinajstić information content (AvgIpc) is 3.10. The van der Waals surface area contributed by atoms with Crippen molar-refractivity contribution in [1.82, 2.24) is 4.90 Å². The molecule has 2 aromatic carbocycles. The van der Waals surface area contributed by atoms with E-state index in [2.05, 4.69) is 0 Å². The van der Waals surface area contributed by atoms with Crippen LogP contribution in [0, 0.1) is 5.82 Å². The van der Waals surface area contributed by atoms with Gasteiger partial charge in [-0.25, -0.2) is 4.39 Å². The van der Waals surface area contributed by atoms with Crippen LogP contribution in [-0.2, 0) is 0 Å². The highest BCUT2D eigenvalue weighted by atomic mass is 35.5. The van der Waals surface area contributed by atoms with Crippen molar-refractivity contribution in [2.24, 2.45) is 5.73 Å². The van der Waals surface area contributed by atoms with Gasteiger partial charge in [0.25, 0.3) is 5.91 Å². The van der Waals surface area contributed by atoms with Crippen molar-refractivity contribution in [2.45, 2.75) is 18.9 Å². The summed E-state index contributed by atoms with van der Waals surface area (Å²) in [6.07, 6.45) is 1.80. The van der Waals surface area contributed by atoms with E-state index >= 15 is 0 Å². The van der Waals surface area contributed by atoms with E-state index in [1.54, 1.807) is 24.1 Å². The van der Waals surface area contributed by atoms with E-state index < -0.39 is 5.82 Å². The zero-order chi connectivity index (χ0) is 17.1. The summed E-state index contributed by atoms with van der Waals surface area (Å²) in [7, 11) is 1.60. The number of carbonyl (C=O) groups is 1. The van der Waals surface area contributed by atoms with Crippen LogP contribution in [0.5, 0.6) is 5.75 Å². The third kappa shape index (κ3) is 3.94. The van der Waals surface area contributed by atoms with Gasteiger partial charge in [0.2, 0.25) is 0 Å². The second-order valence-electron chi connectivity index (χ2n) is 5.95. The lowest BCUT2D eigenvalue weighted by Crippen LogP contribution is -2.40. The fourth-order valence-electron chi connectivity index (χ4n) is 3.15. The van der Waals surface area contributed by atoms with E-state index in [1.807, 2.05) is 24.3 Å². The smallest absolute Gasteiger partial charge is 0.257 e. The van der Waals surface area contributed by atoms with Gasteiger partial charge < -0.3 is 15.4 Å². The predicted octanol–water partition coefficient (Wildman–Crippen LogP) is 3.49. The second kappa shape index (κ2) is 8.32. The van der Waals surface area contributed by atoms with Crippen LogP contribution in [0.2, 0.25) is 0 Å². The molecule has 0 aromatic heterocycles. The van der Waals surface area contributed by atoms with Gasteiger partial charge in [0.1, 0.15) is 11.6 Å². The number of nitrogens with zero attached hydrogens (tertiary/aromatic N) is 1. The second-order valence-corrected chi connectivity index (χ2v) is 5.95. The Hall–Kier alpha value is -2.11. The fraction of sp³-hybridized carbons (Fsp3) is 0.316. The summed E-state index contributed by atoms with van der Waals surface area (Å²) in [5.74, 6) is -0.0365. The van der Waals surface area contributed by atoms with Crippen molar-refractivity contribution in [1.29, 1.82) is 0 Å². The Kier molecular flexibility index (Phi) is 6.39. The molecule has 2 N–H and O–H groups in total. The van der Waals surface area contributed by atoms with Crippen LogP contribution in [0.15, 0.2) is 42.5 Å². The number of ether oxygens (including phenoxy) is 1. The molecular formula is C19H22ClFN2O2. The van der Waals surface area contributed by atoms with Gasteiger partial charge in [-0.05, 0) is 48.2 Å². The van der Waals surface area contributed by atoms with Crippen LogP contribution >= 0.6 is 12.4 Å². The monoisotopic (exact) mass is 364 g/mol. The summed E-state index contributed by atoms with van der Waals surface area (Å²) in [5.41, 5.74) is 7.40. The maximum Gasteiger partial charge on any atom is 0.257 e. The molecule has 2 aromatic rings. The summed E-state index contributed by atoms with van der Waals surface area (Å²) in [6, 6.07) is 12.1. The van der Waals surface area contributed by atoms with Gasteiger partial charge >= 0.3 is 0 Å². The van der Waals surface area contributed by atoms with Crippen LogP contribution < -0.4 is 10.5 Å². The van der Waals surface area contributed by atoms with Crippen LogP contribution in [0.25, 0.3) is 11.1 Å². The number of hydrogen-bond donors (Lipinski definition) is 1. The number of hydrogen-bond acceptors (Lipinski definition) is 3. The topological polar surface area (TPSA) is 55.6 Å². The lowest BCUT2D eigenvalue weighted by atomic mass is 10.0. The number of likely N-dealkylation sites (tertiary alicyclic amines) is 1. The molecule has 1 aliphatic heterocycles. The Morgan fingerprint density at radius 2 is 1.92 bits per heavy atom. The zero-order valence-electron chi connectivity index (χ0n) is 14.1. The summed E-state index contributed by atoms with van der Waals surface area (Å²) in [6.45, 7) is 1.05. The van der Waals surface area contributed by atoms with Crippen LogP contribution in [-0.4, -0.2) is 37.0 Å². The third-order valence-corrected chi connectivity index (χ3v) is 4.53. The van der Waals surface area contributed by atoms with Gasteiger partial charge in [-0.1, -0.05) is 18.2 Å². The molecule has 1 heterocycles. The van der Waals surface area contributed by atoms with E-state index in [1.165, 1.54) is 6.07 Å². The Balaban J connectivity index is 0.00000225. The lowest BCUT2D eigenvalue weighted by Gasteiger charge is -2.23. The number of methoxy groups -OCH3 is 1. The number of benzene rings is 2. The Morgan fingerprint density at radius 3 is 2.52 bits per heavy atom. The maximum atomic E-state index is 14.5. The van der Waals surface area contributed by atoms with Gasteiger partial charge in [-0.2, -0.15) is 0 Å². The molecule has 1 atom stereocenters. The fourth-order valence-corrected chi connectivity index (χ4v) is 3.15. The summed E-state index contributed by atoms with van der Waals surface area (Å²) in [4.78, 5) is 14.3. The maximum absolute atomic E-state index is 14.5. The highest BCUT2D eigenvalue weighted by molar-refractivity contribution is 5.95. The number of rotatable bonds is 4. The molecule has 0 bridgehead atoms. The largest absolute Gasteiger partial charge is 0.497 e. The molecule has 1 unspecified atom stereocenters. The molecule has 0 saturated carbocycles. The molecule has 1 fully saturated rings. The van der Waals surface area contributed by atoms with E-state index in [9.17, 15) is 9.18 Å². The molecule has 1 amide bonds. The Morgan fingerprint density at radius 1 is 1.24 bits per heavy atom. The van der Waals surface area contributed by atoms with Crippen LogP contribution in [0.1, 0.15) is 23.2 Å². The predicted molar refractivity (Wildman–Crippen MR) is 98.7 cm³/mol. The molecule has 25 heavy (non-hydrogen) atoms. The van der Waals surface area contributed by atoms with Gasteiger partial charge in [-0.15, -0.1) is 12.4 Å². The zero-order valence-corrected chi connectivity index (χ0v) is 14.9. The standard InChI is InChI=1S/C19H21FN2O2.ClH/c1-24-16-7-4-13(5-8-16)14-6-9-17(18(20)11-14)19(23)22-10-2-3-15(22)12-21;/h4-9,11,15H,2-3,10,12,21H2,1H3;1H. The quantitative estimate of drug-likeness (QED) is 0.903. The molecule has 6 heteroatoms. The highest BCUT2D eigenvalue weighted by Gasteiger charge is 2.29. The first-order valence-electron chi connectivity index (χ1n) is 8.09. The Labute approximate surface area is 153 Å². The number of halogens is 2. The van der Waals surface area contributed by atoms with Gasteiger partial charge in [-0.3, -0.25) is 4.79 Å². The SMILES string of the molecule is COc1ccc(-c2ccc(C(=O)N3CCCC3CN)c(F)c2)cc1.Cl. The van der Waals surface area contributed by atoms with E-state index in [0.29, 0.717) is 13.1 Å². The van der Waals surface area contributed by atoms with Crippen LogP contribution in [0.4, 0.5) is 4.39 Å². The summed E-state index contributed by atoms with van der Waals surface area (Å²) >= 11 is 0. The van der Waals surface area contributed by atoms with Crippen molar-refractivity contribution < 1.29 is 13.9 Å². The first kappa shape index (κ1) is 19.2. The number of nitrogens with two attached hydrogens (primary N) is 1. The van der Waals surface area contributed by atoms with Gasteiger partial charge in [0, 0.05) is 19.1 Å².